The summed E-state index contributed by atoms with van der Waals surface area (Å²) in [5.41, 5.74) is 6.19. The van der Waals surface area contributed by atoms with Gasteiger partial charge in [-0.05, 0) is 19.9 Å². The average molecular weight is 511 g/mol. The van der Waals surface area contributed by atoms with Gasteiger partial charge in [-0.2, -0.15) is 4.57 Å². The minimum Gasteiger partial charge on any atom is -0.477 e. The van der Waals surface area contributed by atoms with Crippen LogP contribution < -0.4 is 10.3 Å². The minimum atomic E-state index is -1.22. The summed E-state index contributed by atoms with van der Waals surface area (Å²) in [5, 5.41) is 20.1. The Hall–Kier alpha value is -3.90. The van der Waals surface area contributed by atoms with E-state index in [1.807, 2.05) is 6.92 Å². The van der Waals surface area contributed by atoms with Gasteiger partial charge in [0.15, 0.2) is 12.4 Å². The zero-order valence-electron chi connectivity index (χ0n) is 19.7. The van der Waals surface area contributed by atoms with Crippen molar-refractivity contribution in [2.75, 3.05) is 0 Å². The number of fused-ring (bicyclic) bond motifs is 2. The summed E-state index contributed by atoms with van der Waals surface area (Å²) in [7, 11) is 0. The smallest absolute Gasteiger partial charge is 0.352 e. The largest absolute Gasteiger partial charge is 0.477 e. The maximum Gasteiger partial charge on any atom is 0.352 e. The molecule has 1 fully saturated rings. The molecule has 11 nitrogen and oxygen atoms in total. The van der Waals surface area contributed by atoms with E-state index in [-0.39, 0.29) is 29.6 Å². The van der Waals surface area contributed by atoms with Crippen molar-refractivity contribution in [1.29, 1.82) is 0 Å². The van der Waals surface area contributed by atoms with Gasteiger partial charge in [-0.1, -0.05) is 6.92 Å². The molecule has 0 aromatic carbocycles. The van der Waals surface area contributed by atoms with Crippen LogP contribution in [0.1, 0.15) is 40.6 Å². The van der Waals surface area contributed by atoms with Crippen LogP contribution >= 0.6 is 11.3 Å². The maximum absolute atomic E-state index is 13.4. The van der Waals surface area contributed by atoms with Gasteiger partial charge in [-0.15, -0.1) is 11.3 Å². The Bertz CT molecular complexity index is 1500. The number of nitrogens with zero attached hydrogens (tertiary/aromatic N) is 4. The van der Waals surface area contributed by atoms with Crippen molar-refractivity contribution >= 4 is 45.3 Å². The molecule has 0 aliphatic carbocycles. The second kappa shape index (κ2) is 8.35. The molecule has 0 unspecified atom stereocenters. The Labute approximate surface area is 209 Å². The van der Waals surface area contributed by atoms with Gasteiger partial charge in [-0.3, -0.25) is 18.8 Å². The van der Waals surface area contributed by atoms with Crippen LogP contribution in [0.3, 0.4) is 0 Å². The second-order valence-corrected chi connectivity index (χ2v) is 10.2. The number of carboxylic acids is 1. The molecule has 12 heteroatoms. The normalized spacial score (nSPS) is 22.1. The number of hydrogen-bond donors (Lipinski definition) is 3. The average Bonchev–Trinajstić information content (AvgIpc) is 3.42. The SMILES string of the molecule is Cc1nc(C(=O)c2ccc[n+](CC(N)=O)c2)c2sc(C3=C(C(=O)O)N4C(=O)[C@H]([C@@H](C)O)[C@H]4[C@H]3C)cn12. The van der Waals surface area contributed by atoms with Crippen molar-refractivity contribution in [1.82, 2.24) is 14.3 Å². The van der Waals surface area contributed by atoms with Crippen LogP contribution in [0.4, 0.5) is 0 Å². The molecule has 1 saturated heterocycles. The Balaban J connectivity index is 1.58. The number of aryl methyl sites for hydroxylation is 1. The highest BCUT2D eigenvalue weighted by Gasteiger charge is 2.60. The molecule has 36 heavy (non-hydrogen) atoms. The minimum absolute atomic E-state index is 0.0737. The number of primary amides is 1. The number of amides is 2. The number of aromatic nitrogens is 3. The van der Waals surface area contributed by atoms with Gasteiger partial charge >= 0.3 is 5.97 Å². The van der Waals surface area contributed by atoms with Crippen molar-refractivity contribution in [2.24, 2.45) is 17.6 Å². The Kier molecular flexibility index (Phi) is 5.52. The van der Waals surface area contributed by atoms with E-state index in [4.69, 9.17) is 5.73 Å². The summed E-state index contributed by atoms with van der Waals surface area (Å²) in [6, 6.07) is 2.82. The zero-order valence-corrected chi connectivity index (χ0v) is 20.5. The number of rotatable bonds is 7. The summed E-state index contributed by atoms with van der Waals surface area (Å²) in [5.74, 6) is -2.96. The van der Waals surface area contributed by atoms with E-state index in [2.05, 4.69) is 4.98 Å². The Morgan fingerprint density at radius 2 is 2.06 bits per heavy atom. The molecule has 2 aliphatic rings. The van der Waals surface area contributed by atoms with Crippen LogP contribution in [-0.4, -0.2) is 60.2 Å². The number of carboxylic acid groups (broad SMARTS) is 1. The topological polar surface area (TPSA) is 159 Å². The number of aliphatic carboxylic acids is 1. The maximum atomic E-state index is 13.4. The van der Waals surface area contributed by atoms with E-state index in [1.54, 1.807) is 35.9 Å². The third kappa shape index (κ3) is 3.44. The Morgan fingerprint density at radius 3 is 2.69 bits per heavy atom. The number of hydrogen-bond acceptors (Lipinski definition) is 7. The van der Waals surface area contributed by atoms with E-state index in [9.17, 15) is 29.4 Å². The molecule has 0 saturated carbocycles. The number of thiazole rings is 1. The molecule has 3 aromatic heterocycles. The molecule has 0 bridgehead atoms. The van der Waals surface area contributed by atoms with Crippen molar-refractivity contribution < 1.29 is 34.0 Å². The molecule has 0 radical (unpaired) electrons. The molecule has 4 N–H and O–H groups in total. The number of ketones is 1. The first kappa shape index (κ1) is 23.8. The molecule has 3 aromatic rings. The number of aliphatic hydroxyl groups is 1. The van der Waals surface area contributed by atoms with E-state index in [1.165, 1.54) is 33.9 Å². The zero-order chi connectivity index (χ0) is 26.0. The van der Waals surface area contributed by atoms with Crippen molar-refractivity contribution in [3.63, 3.8) is 0 Å². The number of pyridine rings is 1. The highest BCUT2D eigenvalue weighted by atomic mass is 32.1. The van der Waals surface area contributed by atoms with Gasteiger partial charge in [-0.25, -0.2) is 9.78 Å². The van der Waals surface area contributed by atoms with Crippen molar-refractivity contribution in [2.45, 2.75) is 39.5 Å². The molecule has 2 amide bonds. The monoisotopic (exact) mass is 510 g/mol. The first-order valence-corrected chi connectivity index (χ1v) is 12.1. The van der Waals surface area contributed by atoms with E-state index in [0.29, 0.717) is 26.7 Å². The second-order valence-electron chi connectivity index (χ2n) is 9.16. The number of carbonyl (C=O) groups excluding carboxylic acids is 3. The summed E-state index contributed by atoms with van der Waals surface area (Å²) < 4.78 is 3.25. The standard InChI is InChI=1S/C24H23N5O6S/c1-10-16(20(24(34)35)29-19(10)17(11(2)30)22(29)33)14-8-28-12(3)26-18(23(28)36-14)21(32)13-5-4-6-27(7-13)9-15(25)31/h4-8,10-11,17,19,30H,9H2,1-3H3,(H2-,25,31,34,35)/p+1/t10-,11+,17+,19+/m0/s1. The molecule has 2 aliphatic heterocycles. The van der Waals surface area contributed by atoms with Crippen LogP contribution in [0.5, 0.6) is 0 Å². The fourth-order valence-corrected chi connectivity index (χ4v) is 6.54. The molecular weight excluding hydrogens is 486 g/mol. The quantitative estimate of drug-likeness (QED) is 0.235. The summed E-state index contributed by atoms with van der Waals surface area (Å²) >= 11 is 1.22. The predicted molar refractivity (Wildman–Crippen MR) is 127 cm³/mol. The lowest BCUT2D eigenvalue weighted by atomic mass is 9.77. The number of imidazole rings is 1. The molecule has 186 valence electrons. The van der Waals surface area contributed by atoms with Crippen LogP contribution in [0.15, 0.2) is 36.4 Å². The molecule has 0 spiro atoms. The summed E-state index contributed by atoms with van der Waals surface area (Å²) in [6.07, 6.45) is 4.00. The van der Waals surface area contributed by atoms with Gasteiger partial charge in [0.2, 0.25) is 18.2 Å². The number of aliphatic hydroxyl groups excluding tert-OH is 1. The lowest BCUT2D eigenvalue weighted by molar-refractivity contribution is -0.684. The Morgan fingerprint density at radius 1 is 1.33 bits per heavy atom. The molecule has 4 atom stereocenters. The van der Waals surface area contributed by atoms with E-state index in [0.717, 1.165) is 0 Å². The molecular formula is C24H24N5O6S+. The summed E-state index contributed by atoms with van der Waals surface area (Å²) in [4.78, 5) is 56.4. The van der Waals surface area contributed by atoms with Gasteiger partial charge in [0.05, 0.1) is 28.5 Å². The van der Waals surface area contributed by atoms with Crippen molar-refractivity contribution in [3.05, 3.63) is 58.4 Å². The third-order valence-corrected chi connectivity index (χ3v) is 7.94. The van der Waals surface area contributed by atoms with E-state index < -0.39 is 35.8 Å². The lowest BCUT2D eigenvalue weighted by Crippen LogP contribution is -2.63. The van der Waals surface area contributed by atoms with Gasteiger partial charge in [0, 0.05) is 23.8 Å². The highest BCUT2D eigenvalue weighted by molar-refractivity contribution is 7.18. The highest BCUT2D eigenvalue weighted by Crippen LogP contribution is 2.51. The number of carbonyl (C=O) groups is 4. The summed E-state index contributed by atoms with van der Waals surface area (Å²) in [6.45, 7) is 5.04. The first-order chi connectivity index (χ1) is 17.0. The molecule has 5 rings (SSSR count). The third-order valence-electron chi connectivity index (χ3n) is 6.81. The first-order valence-electron chi connectivity index (χ1n) is 11.3. The fourth-order valence-electron chi connectivity index (χ4n) is 5.26. The lowest BCUT2D eigenvalue weighted by Gasteiger charge is -2.46. The fraction of sp³-hybridized carbons (Fsp3) is 0.333. The van der Waals surface area contributed by atoms with E-state index >= 15 is 0 Å². The van der Waals surface area contributed by atoms with Crippen LogP contribution in [0.25, 0.3) is 10.4 Å². The number of nitrogens with two attached hydrogens (primary N) is 1. The van der Waals surface area contributed by atoms with Gasteiger partial charge < -0.3 is 20.8 Å². The van der Waals surface area contributed by atoms with Gasteiger partial charge in [0.1, 0.15) is 22.0 Å². The van der Waals surface area contributed by atoms with Crippen LogP contribution in [0.2, 0.25) is 0 Å². The predicted octanol–water partition coefficient (Wildman–Crippen LogP) is 0.361. The number of β-lactam (4-membered cyclic amide) rings is 1. The van der Waals surface area contributed by atoms with Gasteiger partial charge in [0.25, 0.3) is 5.91 Å². The van der Waals surface area contributed by atoms with Crippen molar-refractivity contribution in [3.8, 4) is 0 Å². The van der Waals surface area contributed by atoms with Crippen LogP contribution in [0, 0.1) is 18.8 Å². The van der Waals surface area contributed by atoms with Crippen LogP contribution in [-0.2, 0) is 20.9 Å². The molecule has 5 heterocycles.